The van der Waals surface area contributed by atoms with E-state index in [-0.39, 0.29) is 13.1 Å². The van der Waals surface area contributed by atoms with Crippen LogP contribution in [-0.2, 0) is 0 Å². The summed E-state index contributed by atoms with van der Waals surface area (Å²) in [4.78, 5) is 0. The zero-order chi connectivity index (χ0) is 23.1. The summed E-state index contributed by atoms with van der Waals surface area (Å²) in [7, 11) is 0. The summed E-state index contributed by atoms with van der Waals surface area (Å²) in [6, 6.07) is 0. The fraction of sp³-hybridized carbons (Fsp3) is 1.00. The molecule has 12 heteroatoms. The first-order valence-electron chi connectivity index (χ1n) is 10.2. The predicted octanol–water partition coefficient (Wildman–Crippen LogP) is -5.40. The quantitative estimate of drug-likeness (QED) is 0.0838. The van der Waals surface area contributed by atoms with Crippen molar-refractivity contribution in [2.45, 2.75) is 74.5 Å². The van der Waals surface area contributed by atoms with Gasteiger partial charge in [0.15, 0.2) is 0 Å². The maximum Gasteiger partial charge on any atom is 0.111 e. The van der Waals surface area contributed by atoms with Gasteiger partial charge in [-0.1, -0.05) is 12.8 Å². The summed E-state index contributed by atoms with van der Waals surface area (Å²) in [6.45, 7) is -0.245. The van der Waals surface area contributed by atoms with Crippen LogP contribution in [0.4, 0.5) is 0 Å². The van der Waals surface area contributed by atoms with Crippen molar-refractivity contribution in [2.24, 2.45) is 0 Å². The highest BCUT2D eigenvalue weighted by Crippen LogP contribution is 2.06. The second-order valence-corrected chi connectivity index (χ2v) is 7.42. The molecule has 0 aliphatic heterocycles. The van der Waals surface area contributed by atoms with E-state index in [1.54, 1.807) is 0 Å². The van der Waals surface area contributed by atoms with Crippen LogP contribution in [-0.4, -0.2) is 139 Å². The highest BCUT2D eigenvalue weighted by molar-refractivity contribution is 4.82. The number of hydrogen-bond donors (Lipinski definition) is 12. The zero-order valence-electron chi connectivity index (χ0n) is 17.2. The fourth-order valence-corrected chi connectivity index (χ4v) is 2.72. The molecule has 0 amide bonds. The van der Waals surface area contributed by atoms with Crippen LogP contribution in [0.3, 0.4) is 0 Å². The summed E-state index contributed by atoms with van der Waals surface area (Å²) in [5.41, 5.74) is 0. The van der Waals surface area contributed by atoms with Crippen LogP contribution in [0.1, 0.15) is 25.7 Å². The topological polar surface area (TPSA) is 226 Å². The van der Waals surface area contributed by atoms with Crippen LogP contribution >= 0.6 is 0 Å². The molecule has 0 fully saturated rings. The first kappa shape index (κ1) is 29.5. The smallest absolute Gasteiger partial charge is 0.111 e. The third kappa shape index (κ3) is 11.8. The van der Waals surface area contributed by atoms with Gasteiger partial charge in [0, 0.05) is 13.1 Å². The van der Waals surface area contributed by atoms with Crippen molar-refractivity contribution < 1.29 is 51.1 Å². The van der Waals surface area contributed by atoms with Crippen LogP contribution in [0.2, 0.25) is 0 Å². The fourth-order valence-electron chi connectivity index (χ4n) is 2.72. The average molecular weight is 445 g/mol. The van der Waals surface area contributed by atoms with E-state index >= 15 is 0 Å². The molecular weight excluding hydrogens is 404 g/mol. The molecular formula is C18H40N2O10. The Morgan fingerprint density at radius 1 is 0.433 bits per heavy atom. The number of nitrogens with one attached hydrogen (secondary N) is 2. The van der Waals surface area contributed by atoms with E-state index in [0.29, 0.717) is 13.1 Å². The van der Waals surface area contributed by atoms with Gasteiger partial charge in [-0.3, -0.25) is 0 Å². The van der Waals surface area contributed by atoms with Gasteiger partial charge in [-0.25, -0.2) is 0 Å². The molecule has 0 aromatic carbocycles. The number of rotatable bonds is 19. The summed E-state index contributed by atoms with van der Waals surface area (Å²) in [5.74, 6) is 0. The molecule has 0 aliphatic carbocycles. The molecule has 0 radical (unpaired) electrons. The zero-order valence-corrected chi connectivity index (χ0v) is 17.2. The molecule has 0 aromatic rings. The summed E-state index contributed by atoms with van der Waals surface area (Å²) in [5, 5.41) is 99.6. The van der Waals surface area contributed by atoms with Crippen LogP contribution in [0, 0.1) is 0 Å². The molecule has 0 heterocycles. The first-order valence-corrected chi connectivity index (χ1v) is 10.2. The molecule has 182 valence electrons. The Bertz CT molecular complexity index is 373. The lowest BCUT2D eigenvalue weighted by atomic mass is 10.0. The largest absolute Gasteiger partial charge is 0.394 e. The van der Waals surface area contributed by atoms with Crippen molar-refractivity contribution >= 4 is 0 Å². The second-order valence-electron chi connectivity index (χ2n) is 7.42. The van der Waals surface area contributed by atoms with E-state index in [0.717, 1.165) is 25.7 Å². The van der Waals surface area contributed by atoms with Crippen molar-refractivity contribution in [3.05, 3.63) is 0 Å². The van der Waals surface area contributed by atoms with Gasteiger partial charge < -0.3 is 61.7 Å². The SMILES string of the molecule is OC[C@@H](O)[C@H](O)[C@H](O)[C@@H](O)CNCCCCCCNC[C@H](O)[C@@H](O)[C@@H](O)[C@H](O)CO. The molecule has 0 aliphatic rings. The van der Waals surface area contributed by atoms with E-state index in [9.17, 15) is 40.9 Å². The van der Waals surface area contributed by atoms with Gasteiger partial charge in [0.05, 0.1) is 25.4 Å². The minimum Gasteiger partial charge on any atom is -0.394 e. The molecule has 0 saturated heterocycles. The molecule has 12 N–H and O–H groups in total. The number of aliphatic hydroxyl groups excluding tert-OH is 10. The summed E-state index contributed by atoms with van der Waals surface area (Å²) in [6.07, 6.45) is -8.68. The Morgan fingerprint density at radius 3 is 1.03 bits per heavy atom. The molecule has 12 nitrogen and oxygen atoms in total. The highest BCUT2D eigenvalue weighted by Gasteiger charge is 2.30. The lowest BCUT2D eigenvalue weighted by molar-refractivity contribution is -0.113. The van der Waals surface area contributed by atoms with Crippen LogP contribution in [0.5, 0.6) is 0 Å². The predicted molar refractivity (Wildman–Crippen MR) is 106 cm³/mol. The van der Waals surface area contributed by atoms with Gasteiger partial charge in [-0.05, 0) is 25.9 Å². The van der Waals surface area contributed by atoms with Crippen LogP contribution in [0.25, 0.3) is 0 Å². The number of unbranched alkanes of at least 4 members (excludes halogenated alkanes) is 3. The molecule has 30 heavy (non-hydrogen) atoms. The van der Waals surface area contributed by atoms with Gasteiger partial charge in [-0.15, -0.1) is 0 Å². The molecule has 0 aromatic heterocycles. The Balaban J connectivity index is 3.68. The van der Waals surface area contributed by atoms with Crippen molar-refractivity contribution in [1.82, 2.24) is 10.6 Å². The maximum absolute atomic E-state index is 9.74. The minimum absolute atomic E-state index is 0.0228. The monoisotopic (exact) mass is 444 g/mol. The van der Waals surface area contributed by atoms with E-state index in [2.05, 4.69) is 10.6 Å². The lowest BCUT2D eigenvalue weighted by Crippen LogP contribution is -2.49. The minimum atomic E-state index is -1.64. The normalized spacial score (nSPS) is 20.2. The molecule has 0 unspecified atom stereocenters. The van der Waals surface area contributed by atoms with E-state index in [1.807, 2.05) is 0 Å². The van der Waals surface area contributed by atoms with Gasteiger partial charge in [-0.2, -0.15) is 0 Å². The van der Waals surface area contributed by atoms with Crippen molar-refractivity contribution in [2.75, 3.05) is 39.4 Å². The highest BCUT2D eigenvalue weighted by atomic mass is 16.4. The number of hydrogen-bond acceptors (Lipinski definition) is 12. The summed E-state index contributed by atoms with van der Waals surface area (Å²) >= 11 is 0. The number of aliphatic hydroxyl groups is 10. The third-order valence-corrected chi connectivity index (χ3v) is 4.81. The van der Waals surface area contributed by atoms with Gasteiger partial charge >= 0.3 is 0 Å². The van der Waals surface area contributed by atoms with Gasteiger partial charge in [0.2, 0.25) is 0 Å². The Morgan fingerprint density at radius 2 is 0.733 bits per heavy atom. The van der Waals surface area contributed by atoms with E-state index in [1.165, 1.54) is 0 Å². The standard InChI is InChI=1S/C18H40N2O10/c21-9-13(25)17(29)15(27)11(23)7-19-5-3-1-2-4-6-20-8-12(24)16(28)18(30)14(26)10-22/h11-30H,1-10H2/t11-,12-,13+,14+,15+,16+,17-,18-/m0/s1. The summed E-state index contributed by atoms with van der Waals surface area (Å²) < 4.78 is 0. The van der Waals surface area contributed by atoms with Crippen molar-refractivity contribution in [1.29, 1.82) is 0 Å². The Labute approximate surface area is 176 Å². The van der Waals surface area contributed by atoms with E-state index < -0.39 is 62.0 Å². The van der Waals surface area contributed by atoms with Crippen molar-refractivity contribution in [3.8, 4) is 0 Å². The Kier molecular flexibility index (Phi) is 16.8. The van der Waals surface area contributed by atoms with Crippen LogP contribution in [0.15, 0.2) is 0 Å². The third-order valence-electron chi connectivity index (χ3n) is 4.81. The Hall–Kier alpha value is -0.480. The molecule has 0 bridgehead atoms. The van der Waals surface area contributed by atoms with Gasteiger partial charge in [0.1, 0.15) is 36.6 Å². The van der Waals surface area contributed by atoms with Crippen molar-refractivity contribution in [3.63, 3.8) is 0 Å². The van der Waals surface area contributed by atoms with Crippen LogP contribution < -0.4 is 10.6 Å². The van der Waals surface area contributed by atoms with E-state index in [4.69, 9.17) is 10.2 Å². The lowest BCUT2D eigenvalue weighted by Gasteiger charge is -2.25. The first-order chi connectivity index (χ1) is 14.2. The maximum atomic E-state index is 9.74. The molecule has 8 atom stereocenters. The van der Waals surface area contributed by atoms with Gasteiger partial charge in [0.25, 0.3) is 0 Å². The molecule has 0 saturated carbocycles. The second kappa shape index (κ2) is 17.1. The molecule has 0 spiro atoms. The average Bonchev–Trinajstić information content (AvgIpc) is 2.76. The molecule has 0 rings (SSSR count).